The minimum absolute atomic E-state index is 0.111. The topological polar surface area (TPSA) is 151 Å². The highest BCUT2D eigenvalue weighted by Gasteiger charge is 2.35. The summed E-state index contributed by atoms with van der Waals surface area (Å²) < 4.78 is 16.1. The van der Waals surface area contributed by atoms with Gasteiger partial charge in [-0.15, -0.1) is 0 Å². The molecule has 0 aliphatic heterocycles. The van der Waals surface area contributed by atoms with Gasteiger partial charge in [0.25, 0.3) is 0 Å². The number of ether oxygens (including phenoxy) is 3. The lowest BCUT2D eigenvalue weighted by Crippen LogP contribution is -2.26. The van der Waals surface area contributed by atoms with Gasteiger partial charge in [0, 0.05) is 111 Å². The minimum Gasteiger partial charge on any atom is -0.384 e. The van der Waals surface area contributed by atoms with E-state index in [1.807, 2.05) is 90.6 Å². The normalized spacial score (nSPS) is 12.7. The third-order valence-electron chi connectivity index (χ3n) is 10.2. The summed E-state index contributed by atoms with van der Waals surface area (Å²) >= 11 is 0. The molecule has 0 bridgehead atoms. The molecule has 4 aromatic carbocycles. The fourth-order valence-corrected chi connectivity index (χ4v) is 7.20. The summed E-state index contributed by atoms with van der Waals surface area (Å²) in [7, 11) is 7.98. The molecule has 0 atom stereocenters. The Labute approximate surface area is 360 Å². The van der Waals surface area contributed by atoms with Gasteiger partial charge >= 0.3 is 0 Å². The molecule has 2 aliphatic rings. The van der Waals surface area contributed by atoms with Crippen LogP contribution in [0.2, 0.25) is 0 Å². The van der Waals surface area contributed by atoms with Crippen molar-refractivity contribution in [1.82, 2.24) is 9.80 Å². The highest BCUT2D eigenvalue weighted by Crippen LogP contribution is 2.37. The molecule has 0 aromatic heterocycles. The van der Waals surface area contributed by atoms with Crippen LogP contribution in [0.4, 0.5) is 22.7 Å². The van der Waals surface area contributed by atoms with E-state index >= 15 is 0 Å². The maximum absolute atomic E-state index is 13.4. The van der Waals surface area contributed by atoms with E-state index in [4.69, 9.17) is 14.2 Å². The zero-order chi connectivity index (χ0) is 43.7. The SMILES string of the molecule is CCOCCCNc1cccc2c1C(=O)c1cccc(NCCN(C)C)c1C2=O.CCOCCOCCCNc1cccc2c1C(=O)c1cccc(NCCN(C)C)c1C2=O. The van der Waals surface area contributed by atoms with Crippen molar-refractivity contribution in [3.05, 3.63) is 117 Å². The van der Waals surface area contributed by atoms with Gasteiger partial charge in [-0.1, -0.05) is 48.5 Å². The summed E-state index contributed by atoms with van der Waals surface area (Å²) in [5.74, 6) is -0.466. The van der Waals surface area contributed by atoms with Gasteiger partial charge in [0.05, 0.1) is 35.5 Å². The van der Waals surface area contributed by atoms with Gasteiger partial charge in [0.1, 0.15) is 0 Å². The number of carbonyl (C=O) groups excluding carboxylic acids is 4. The van der Waals surface area contributed by atoms with E-state index in [1.165, 1.54) is 0 Å². The van der Waals surface area contributed by atoms with E-state index in [-0.39, 0.29) is 23.1 Å². The molecule has 4 N–H and O–H groups in total. The first-order chi connectivity index (χ1) is 29.6. The monoisotopic (exact) mass is 834 g/mol. The molecule has 0 saturated carbocycles. The molecule has 61 heavy (non-hydrogen) atoms. The number of fused-ring (bicyclic) bond motifs is 4. The quantitative estimate of drug-likeness (QED) is 0.0517. The van der Waals surface area contributed by atoms with Crippen molar-refractivity contribution in [2.45, 2.75) is 26.7 Å². The zero-order valence-electron chi connectivity index (χ0n) is 36.6. The molecule has 0 heterocycles. The molecule has 13 heteroatoms. The Bertz CT molecular complexity index is 2140. The average Bonchev–Trinajstić information content (AvgIpc) is 3.25. The maximum atomic E-state index is 13.4. The Morgan fingerprint density at radius 1 is 0.410 bits per heavy atom. The van der Waals surface area contributed by atoms with Gasteiger partial charge in [0.15, 0.2) is 23.1 Å². The van der Waals surface area contributed by atoms with Crippen LogP contribution in [-0.4, -0.2) is 140 Å². The number of nitrogens with one attached hydrogen (secondary N) is 4. The van der Waals surface area contributed by atoms with E-state index in [0.29, 0.717) is 133 Å². The Kier molecular flexibility index (Phi) is 18.0. The molecule has 0 radical (unpaired) electrons. The number of nitrogens with zero attached hydrogens (tertiary/aromatic N) is 2. The Balaban J connectivity index is 0.000000232. The molecule has 6 rings (SSSR count). The summed E-state index contributed by atoms with van der Waals surface area (Å²) in [6.07, 6.45) is 1.62. The van der Waals surface area contributed by atoms with Crippen LogP contribution in [0.25, 0.3) is 0 Å². The molecule has 4 aromatic rings. The molecule has 0 amide bonds. The number of hydrogen-bond donors (Lipinski definition) is 4. The molecule has 0 saturated heterocycles. The zero-order valence-corrected chi connectivity index (χ0v) is 36.6. The predicted octanol–water partition coefficient (Wildman–Crippen LogP) is 6.56. The molecule has 2 aliphatic carbocycles. The van der Waals surface area contributed by atoms with Crippen LogP contribution in [0, 0.1) is 0 Å². The van der Waals surface area contributed by atoms with Crippen molar-refractivity contribution in [3.63, 3.8) is 0 Å². The molecule has 13 nitrogen and oxygen atoms in total. The molecular weight excluding hydrogens is 773 g/mol. The number of hydrogen-bond acceptors (Lipinski definition) is 13. The smallest absolute Gasteiger partial charge is 0.196 e. The number of ketones is 4. The van der Waals surface area contributed by atoms with Gasteiger partial charge in [-0.2, -0.15) is 0 Å². The Hall–Kier alpha value is -5.44. The highest BCUT2D eigenvalue weighted by atomic mass is 16.5. The van der Waals surface area contributed by atoms with Crippen molar-refractivity contribution in [2.75, 3.05) is 128 Å². The summed E-state index contributed by atoms with van der Waals surface area (Å²) in [6, 6.07) is 21.7. The third-order valence-corrected chi connectivity index (χ3v) is 10.2. The summed E-state index contributed by atoms with van der Waals surface area (Å²) in [6.45, 7) is 12.1. The second-order valence-corrected chi connectivity index (χ2v) is 15.3. The summed E-state index contributed by atoms with van der Waals surface area (Å²) in [5, 5.41) is 13.2. The Morgan fingerprint density at radius 3 is 1.03 bits per heavy atom. The lowest BCUT2D eigenvalue weighted by molar-refractivity contribution is 0.0528. The second-order valence-electron chi connectivity index (χ2n) is 15.3. The summed E-state index contributed by atoms with van der Waals surface area (Å²) in [4.78, 5) is 57.4. The first kappa shape index (κ1) is 46.6. The van der Waals surface area contributed by atoms with Gasteiger partial charge in [-0.3, -0.25) is 19.2 Å². The van der Waals surface area contributed by atoms with E-state index in [1.54, 1.807) is 24.3 Å². The first-order valence-electron chi connectivity index (χ1n) is 21.3. The van der Waals surface area contributed by atoms with E-state index in [2.05, 4.69) is 31.1 Å². The first-order valence-corrected chi connectivity index (χ1v) is 21.3. The average molecular weight is 835 g/mol. The highest BCUT2D eigenvalue weighted by molar-refractivity contribution is 6.32. The second kappa shape index (κ2) is 23.5. The fourth-order valence-electron chi connectivity index (χ4n) is 7.20. The third kappa shape index (κ3) is 12.1. The molecule has 0 spiro atoms. The van der Waals surface area contributed by atoms with Crippen LogP contribution in [0.1, 0.15) is 90.4 Å². The van der Waals surface area contributed by atoms with Crippen molar-refractivity contribution >= 4 is 45.9 Å². The number of benzene rings is 4. The van der Waals surface area contributed by atoms with Crippen LogP contribution in [-0.2, 0) is 14.2 Å². The number of rotatable bonds is 23. The van der Waals surface area contributed by atoms with Crippen LogP contribution in [0.5, 0.6) is 0 Å². The fraction of sp³-hybridized carbons (Fsp3) is 0.417. The van der Waals surface area contributed by atoms with Crippen molar-refractivity contribution in [2.24, 2.45) is 0 Å². The van der Waals surface area contributed by atoms with Gasteiger partial charge in [-0.25, -0.2) is 0 Å². The van der Waals surface area contributed by atoms with Crippen LogP contribution in [0.15, 0.2) is 72.8 Å². The van der Waals surface area contributed by atoms with Crippen molar-refractivity contribution in [1.29, 1.82) is 0 Å². The van der Waals surface area contributed by atoms with Gasteiger partial charge < -0.3 is 45.3 Å². The number of likely N-dealkylation sites (N-methyl/N-ethyl adjacent to an activating group) is 2. The van der Waals surface area contributed by atoms with E-state index in [9.17, 15) is 19.2 Å². The lowest BCUT2D eigenvalue weighted by Gasteiger charge is -2.23. The van der Waals surface area contributed by atoms with E-state index in [0.717, 1.165) is 25.9 Å². The van der Waals surface area contributed by atoms with Crippen LogP contribution in [0.3, 0.4) is 0 Å². The molecule has 0 fully saturated rings. The predicted molar refractivity (Wildman–Crippen MR) is 244 cm³/mol. The Morgan fingerprint density at radius 2 is 0.705 bits per heavy atom. The largest absolute Gasteiger partial charge is 0.384 e. The number of anilines is 4. The van der Waals surface area contributed by atoms with Gasteiger partial charge in [-0.05, 0) is 79.1 Å². The van der Waals surface area contributed by atoms with Crippen molar-refractivity contribution in [3.8, 4) is 0 Å². The molecule has 0 unspecified atom stereocenters. The van der Waals surface area contributed by atoms with Crippen molar-refractivity contribution < 1.29 is 33.4 Å². The molecular formula is C48H62N6O7. The summed E-state index contributed by atoms with van der Waals surface area (Å²) in [5.41, 5.74) is 6.47. The number of carbonyl (C=O) groups is 4. The maximum Gasteiger partial charge on any atom is 0.196 e. The molecule has 326 valence electrons. The van der Waals surface area contributed by atoms with E-state index < -0.39 is 0 Å². The van der Waals surface area contributed by atoms with Crippen LogP contribution >= 0.6 is 0 Å². The lowest BCUT2D eigenvalue weighted by atomic mass is 9.82. The van der Waals surface area contributed by atoms with Gasteiger partial charge in [0.2, 0.25) is 0 Å². The standard InChI is InChI=1S/C25H33N3O4.C23H29N3O3/c1-4-31-16-17-32-15-7-12-26-20-10-5-8-18-22(20)24(29)19-9-6-11-21(23(19)25(18)30)27-13-14-28(2)3;1-4-29-15-7-12-24-18-10-5-8-16-20(18)22(27)17-9-6-11-19(21(17)23(16)28)25-13-14-26(2)3/h5-6,8-11,26-27H,4,7,12-17H2,1-3H3;5-6,8-11,24-25H,4,7,12-15H2,1-3H3. The minimum atomic E-state index is -0.123. The van der Waals surface area contributed by atoms with Crippen LogP contribution < -0.4 is 21.3 Å².